The number of hydrogen-bond acceptors (Lipinski definition) is 4. The van der Waals surface area contributed by atoms with Crippen LogP contribution in [-0.2, 0) is 14.3 Å². The predicted molar refractivity (Wildman–Crippen MR) is 77.3 cm³/mol. The molecule has 1 atom stereocenters. The molecule has 0 aromatic carbocycles. The summed E-state index contributed by atoms with van der Waals surface area (Å²) in [4.78, 5) is 27.2. The zero-order valence-corrected chi connectivity index (χ0v) is 13.1. The van der Waals surface area contributed by atoms with Gasteiger partial charge in [-0.25, -0.2) is 4.79 Å². The van der Waals surface area contributed by atoms with E-state index in [4.69, 9.17) is 9.47 Å². The third kappa shape index (κ3) is 4.86. The fraction of sp³-hybridized carbons (Fsp3) is 0.857. The van der Waals surface area contributed by atoms with Gasteiger partial charge in [-0.05, 0) is 19.8 Å². The summed E-state index contributed by atoms with van der Waals surface area (Å²) in [5.41, 5.74) is -0.859. The first kappa shape index (κ1) is 17.7. The molecular formula is C14H26N2O5. The summed E-state index contributed by atoms with van der Waals surface area (Å²) in [7, 11) is 3.17. The molecule has 21 heavy (non-hydrogen) atoms. The van der Waals surface area contributed by atoms with Crippen molar-refractivity contribution in [2.45, 2.75) is 19.8 Å². The van der Waals surface area contributed by atoms with Gasteiger partial charge >= 0.3 is 12.0 Å². The van der Waals surface area contributed by atoms with Crippen molar-refractivity contribution in [1.82, 2.24) is 9.80 Å². The maximum atomic E-state index is 12.6. The van der Waals surface area contributed by atoms with Crippen LogP contribution in [0.5, 0.6) is 0 Å². The smallest absolute Gasteiger partial charge is 0.320 e. The number of aliphatic carboxylic acids is 1. The Balaban J connectivity index is 2.70. The molecule has 0 bridgehead atoms. The van der Waals surface area contributed by atoms with E-state index in [2.05, 4.69) is 0 Å². The Hall–Kier alpha value is -1.34. The Kier molecular flexibility index (Phi) is 6.91. The van der Waals surface area contributed by atoms with Gasteiger partial charge in [0.05, 0.1) is 18.6 Å². The van der Waals surface area contributed by atoms with E-state index in [1.165, 1.54) is 0 Å². The van der Waals surface area contributed by atoms with E-state index in [1.807, 2.05) is 0 Å². The Morgan fingerprint density at radius 2 is 1.81 bits per heavy atom. The molecule has 2 amide bonds. The molecule has 0 aromatic heterocycles. The molecule has 0 spiro atoms. The first-order valence-corrected chi connectivity index (χ1v) is 7.19. The Labute approximate surface area is 125 Å². The largest absolute Gasteiger partial charge is 0.481 e. The highest BCUT2D eigenvalue weighted by molar-refractivity contribution is 5.78. The van der Waals surface area contributed by atoms with Gasteiger partial charge in [-0.2, -0.15) is 0 Å². The summed E-state index contributed by atoms with van der Waals surface area (Å²) in [6.07, 6.45) is 1.30. The number of carbonyl (C=O) groups excluding carboxylic acids is 1. The normalized spacial score (nSPS) is 22.1. The second-order valence-electron chi connectivity index (χ2n) is 5.65. The lowest BCUT2D eigenvalue weighted by Gasteiger charge is -2.39. The zero-order chi connectivity index (χ0) is 15.9. The van der Waals surface area contributed by atoms with Gasteiger partial charge in [-0.15, -0.1) is 0 Å². The predicted octanol–water partition coefficient (Wildman–Crippen LogP) is 0.888. The van der Waals surface area contributed by atoms with Gasteiger partial charge in [-0.3, -0.25) is 4.79 Å². The minimum Gasteiger partial charge on any atom is -0.481 e. The molecule has 1 aliphatic rings. The van der Waals surface area contributed by atoms with E-state index in [1.54, 1.807) is 30.9 Å². The summed E-state index contributed by atoms with van der Waals surface area (Å²) in [5, 5.41) is 9.33. The second kappa shape index (κ2) is 8.19. The third-order valence-corrected chi connectivity index (χ3v) is 3.88. The monoisotopic (exact) mass is 302 g/mol. The van der Waals surface area contributed by atoms with E-state index in [9.17, 15) is 14.7 Å². The summed E-state index contributed by atoms with van der Waals surface area (Å²) < 4.78 is 10.0. The van der Waals surface area contributed by atoms with Gasteiger partial charge < -0.3 is 24.4 Å². The van der Waals surface area contributed by atoms with Crippen molar-refractivity contribution in [3.05, 3.63) is 0 Å². The van der Waals surface area contributed by atoms with Crippen LogP contribution in [0.3, 0.4) is 0 Å². The SMILES string of the molecule is COCCN(CCOC)C(=O)N1CCCC(C)(C(=O)O)C1. The van der Waals surface area contributed by atoms with Crippen LogP contribution in [-0.4, -0.2) is 80.5 Å². The fourth-order valence-electron chi connectivity index (χ4n) is 2.48. The van der Waals surface area contributed by atoms with Gasteiger partial charge in [0, 0.05) is 40.4 Å². The lowest BCUT2D eigenvalue weighted by atomic mass is 9.82. The van der Waals surface area contributed by atoms with Gasteiger partial charge in [0.15, 0.2) is 0 Å². The maximum absolute atomic E-state index is 12.6. The Morgan fingerprint density at radius 1 is 1.24 bits per heavy atom. The van der Waals surface area contributed by atoms with Crippen molar-refractivity contribution in [2.24, 2.45) is 5.41 Å². The van der Waals surface area contributed by atoms with E-state index < -0.39 is 11.4 Å². The average molecular weight is 302 g/mol. The molecule has 1 fully saturated rings. The summed E-state index contributed by atoms with van der Waals surface area (Å²) in [6.45, 7) is 4.37. The number of nitrogens with zero attached hydrogens (tertiary/aromatic N) is 2. The molecular weight excluding hydrogens is 276 g/mol. The molecule has 1 rings (SSSR count). The number of piperidine rings is 1. The molecule has 7 nitrogen and oxygen atoms in total. The average Bonchev–Trinajstić information content (AvgIpc) is 2.46. The molecule has 1 N–H and O–H groups in total. The highest BCUT2D eigenvalue weighted by Crippen LogP contribution is 2.30. The van der Waals surface area contributed by atoms with E-state index in [-0.39, 0.29) is 12.6 Å². The van der Waals surface area contributed by atoms with Gasteiger partial charge in [0.1, 0.15) is 0 Å². The first-order valence-electron chi connectivity index (χ1n) is 7.19. The van der Waals surface area contributed by atoms with Crippen molar-refractivity contribution in [3.8, 4) is 0 Å². The number of carboxylic acid groups (broad SMARTS) is 1. The number of carbonyl (C=O) groups is 2. The van der Waals surface area contributed by atoms with Crippen molar-refractivity contribution in [1.29, 1.82) is 0 Å². The highest BCUT2D eigenvalue weighted by Gasteiger charge is 2.40. The summed E-state index contributed by atoms with van der Waals surface area (Å²) in [5.74, 6) is -0.847. The third-order valence-electron chi connectivity index (χ3n) is 3.88. The lowest BCUT2D eigenvalue weighted by molar-refractivity contribution is -0.150. The van der Waals surface area contributed by atoms with Crippen LogP contribution >= 0.6 is 0 Å². The van der Waals surface area contributed by atoms with E-state index >= 15 is 0 Å². The van der Waals surface area contributed by atoms with E-state index in [0.29, 0.717) is 45.7 Å². The standard InChI is InChI=1S/C14H26N2O5/c1-14(12(17)18)5-4-6-16(11-14)13(19)15(7-9-20-2)8-10-21-3/h4-11H2,1-3H3,(H,17,18). The zero-order valence-electron chi connectivity index (χ0n) is 13.1. The van der Waals surface area contributed by atoms with Crippen LogP contribution in [0.25, 0.3) is 0 Å². The fourth-order valence-corrected chi connectivity index (χ4v) is 2.48. The van der Waals surface area contributed by atoms with Gasteiger partial charge in [0.2, 0.25) is 0 Å². The Morgan fingerprint density at radius 3 is 2.29 bits per heavy atom. The molecule has 0 radical (unpaired) electrons. The number of urea groups is 1. The van der Waals surface area contributed by atoms with Crippen LogP contribution in [0.1, 0.15) is 19.8 Å². The minimum absolute atomic E-state index is 0.142. The minimum atomic E-state index is -0.859. The van der Waals surface area contributed by atoms with Crippen molar-refractivity contribution in [3.63, 3.8) is 0 Å². The molecule has 7 heteroatoms. The highest BCUT2D eigenvalue weighted by atomic mass is 16.5. The number of carboxylic acids is 1. The van der Waals surface area contributed by atoms with Crippen LogP contribution < -0.4 is 0 Å². The second-order valence-corrected chi connectivity index (χ2v) is 5.65. The number of rotatable bonds is 7. The van der Waals surface area contributed by atoms with Crippen LogP contribution in [0.4, 0.5) is 4.79 Å². The van der Waals surface area contributed by atoms with Crippen molar-refractivity contribution >= 4 is 12.0 Å². The first-order chi connectivity index (χ1) is 9.94. The summed E-state index contributed by atoms with van der Waals surface area (Å²) >= 11 is 0. The number of hydrogen-bond donors (Lipinski definition) is 1. The van der Waals surface area contributed by atoms with Crippen molar-refractivity contribution < 1.29 is 24.2 Å². The molecule has 122 valence electrons. The molecule has 0 aliphatic carbocycles. The van der Waals surface area contributed by atoms with Crippen LogP contribution in [0.2, 0.25) is 0 Å². The number of likely N-dealkylation sites (tertiary alicyclic amines) is 1. The van der Waals surface area contributed by atoms with Gasteiger partial charge in [0.25, 0.3) is 0 Å². The number of methoxy groups -OCH3 is 2. The quantitative estimate of drug-likeness (QED) is 0.755. The number of ether oxygens (including phenoxy) is 2. The summed E-state index contributed by atoms with van der Waals surface area (Å²) in [6, 6.07) is -0.142. The van der Waals surface area contributed by atoms with Crippen LogP contribution in [0, 0.1) is 5.41 Å². The maximum Gasteiger partial charge on any atom is 0.320 e. The van der Waals surface area contributed by atoms with Crippen molar-refractivity contribution in [2.75, 3.05) is 53.6 Å². The van der Waals surface area contributed by atoms with Crippen LogP contribution in [0.15, 0.2) is 0 Å². The van der Waals surface area contributed by atoms with Gasteiger partial charge in [-0.1, -0.05) is 0 Å². The lowest BCUT2D eigenvalue weighted by Crippen LogP contribution is -2.53. The molecule has 0 aromatic rings. The number of amides is 2. The molecule has 1 saturated heterocycles. The van der Waals surface area contributed by atoms with E-state index in [0.717, 1.165) is 0 Å². The Bertz CT molecular complexity index is 355. The molecule has 1 aliphatic heterocycles. The molecule has 1 unspecified atom stereocenters. The molecule has 1 heterocycles. The molecule has 0 saturated carbocycles. The topological polar surface area (TPSA) is 79.3 Å².